The van der Waals surface area contributed by atoms with Gasteiger partial charge in [-0.15, -0.1) is 0 Å². The number of phenols is 1. The van der Waals surface area contributed by atoms with E-state index in [-0.39, 0.29) is 24.4 Å². The van der Waals surface area contributed by atoms with Crippen molar-refractivity contribution in [3.63, 3.8) is 0 Å². The first-order valence-corrected chi connectivity index (χ1v) is 11.4. The minimum absolute atomic E-state index is 0.0883. The Morgan fingerprint density at radius 2 is 1.77 bits per heavy atom. The van der Waals surface area contributed by atoms with Gasteiger partial charge in [-0.05, 0) is 80.6 Å². The molecule has 0 aromatic heterocycles. The van der Waals surface area contributed by atoms with E-state index in [1.54, 1.807) is 37.3 Å². The average molecular weight is 508 g/mol. The maximum absolute atomic E-state index is 12.0. The van der Waals surface area contributed by atoms with E-state index in [9.17, 15) is 14.6 Å². The molecule has 8 heteroatoms. The molecule has 0 aliphatic rings. The number of phenolic OH excluding ortho intramolecular Hbond substituents is 1. The molecule has 0 aliphatic carbocycles. The third-order valence-electron chi connectivity index (χ3n) is 3.61. The normalized spacial score (nSPS) is 13.7. The van der Waals surface area contributed by atoms with Gasteiger partial charge < -0.3 is 19.3 Å². The predicted molar refractivity (Wildman–Crippen MR) is 109 cm³/mol. The Balaban J connectivity index is 2.29. The summed E-state index contributed by atoms with van der Waals surface area (Å²) in [4.78, 5) is 9.81. The van der Waals surface area contributed by atoms with Crippen LogP contribution < -0.4 is 4.74 Å². The van der Waals surface area contributed by atoms with E-state index in [0.29, 0.717) is 26.0 Å². The first-order valence-electron chi connectivity index (χ1n) is 8.08. The monoisotopic (exact) mass is 506 g/mol. The Morgan fingerprint density at radius 3 is 2.31 bits per heavy atom. The number of aromatic hydroxyl groups is 1. The third-order valence-corrected chi connectivity index (χ3v) is 6.22. The topological polar surface area (TPSA) is 76.0 Å². The van der Waals surface area contributed by atoms with E-state index in [1.165, 1.54) is 0 Å². The number of rotatable bonds is 7. The van der Waals surface area contributed by atoms with Crippen LogP contribution in [0.25, 0.3) is 0 Å². The van der Waals surface area contributed by atoms with Gasteiger partial charge in [0.05, 0.1) is 21.7 Å². The van der Waals surface area contributed by atoms with Crippen LogP contribution in [0.3, 0.4) is 0 Å². The zero-order chi connectivity index (χ0) is 19.5. The quantitative estimate of drug-likeness (QED) is 0.415. The van der Waals surface area contributed by atoms with Crippen LogP contribution in [0.2, 0.25) is 0 Å². The molecule has 2 aromatic rings. The molecule has 1 atom stereocenters. The molecule has 142 valence electrons. The molecule has 0 amide bonds. The van der Waals surface area contributed by atoms with Crippen LogP contribution in [-0.4, -0.2) is 16.6 Å². The molecule has 2 rings (SSSR count). The first kappa shape index (κ1) is 21.5. The highest BCUT2D eigenvalue weighted by Gasteiger charge is 2.21. The number of hydrogen-bond donors (Lipinski definition) is 2. The first-order chi connectivity index (χ1) is 12.1. The molecule has 2 aromatic carbocycles. The lowest BCUT2D eigenvalue weighted by molar-refractivity contribution is 0.272. The molecule has 26 heavy (non-hydrogen) atoms. The Morgan fingerprint density at radius 1 is 1.15 bits per heavy atom. The number of benzene rings is 2. The van der Waals surface area contributed by atoms with Crippen LogP contribution >= 0.6 is 39.5 Å². The summed E-state index contributed by atoms with van der Waals surface area (Å²) in [5.74, 6) is 1.52. The van der Waals surface area contributed by atoms with Gasteiger partial charge in [0.1, 0.15) is 11.5 Å². The fraction of sp³-hybridized carbons (Fsp3) is 0.333. The molecule has 0 radical (unpaired) electrons. The number of hydrogen-bond acceptors (Lipinski definition) is 4. The van der Waals surface area contributed by atoms with Crippen LogP contribution in [0.15, 0.2) is 39.3 Å². The zero-order valence-corrected chi connectivity index (χ0v) is 18.8. The molecule has 0 saturated heterocycles. The van der Waals surface area contributed by atoms with Gasteiger partial charge in [0.15, 0.2) is 5.75 Å². The zero-order valence-electron chi connectivity index (χ0n) is 14.7. The average Bonchev–Trinajstić information content (AvgIpc) is 2.51. The van der Waals surface area contributed by atoms with E-state index in [1.807, 2.05) is 13.8 Å². The maximum Gasteiger partial charge on any atom is 0.332 e. The molecule has 0 saturated carbocycles. The molecule has 1 unspecified atom stereocenters. The Kier molecular flexibility index (Phi) is 7.34. The second-order valence-corrected chi connectivity index (χ2v) is 9.64. The lowest BCUT2D eigenvalue weighted by Crippen LogP contribution is -1.96. The van der Waals surface area contributed by atoms with E-state index in [0.717, 1.165) is 5.56 Å². The van der Waals surface area contributed by atoms with Gasteiger partial charge in [0.2, 0.25) is 0 Å². The summed E-state index contributed by atoms with van der Waals surface area (Å²) in [5.41, 5.74) is 1.44. The Hall–Kier alpha value is -0.850. The van der Waals surface area contributed by atoms with Gasteiger partial charge >= 0.3 is 7.60 Å². The molecular weight excluding hydrogens is 487 g/mol. The Bertz CT molecular complexity index is 815. The lowest BCUT2D eigenvalue weighted by atomic mass is 10.0. The van der Waals surface area contributed by atoms with Gasteiger partial charge in [-0.3, -0.25) is 4.57 Å². The molecule has 0 bridgehead atoms. The molecule has 0 fully saturated rings. The van der Waals surface area contributed by atoms with Gasteiger partial charge in [0.25, 0.3) is 0 Å². The standard InChI is InChI=1S/C18H21Br2O5P/c1-4-24-26(22,23)10-12-7-15(19)18(16(20)8-12)25-13-5-6-17(21)14(9-13)11(2)3/h5-9,11,21H,4,10H2,1-3H3,(H,22,23). The van der Waals surface area contributed by atoms with Gasteiger partial charge in [-0.25, -0.2) is 0 Å². The van der Waals surface area contributed by atoms with E-state index >= 15 is 0 Å². The van der Waals surface area contributed by atoms with Crippen molar-refractivity contribution in [1.29, 1.82) is 0 Å². The smallest absolute Gasteiger partial charge is 0.332 e. The van der Waals surface area contributed by atoms with Crippen LogP contribution in [0.4, 0.5) is 0 Å². The van der Waals surface area contributed by atoms with Gasteiger partial charge in [-0.1, -0.05) is 13.8 Å². The van der Waals surface area contributed by atoms with Crippen LogP contribution in [-0.2, 0) is 15.3 Å². The molecule has 5 nitrogen and oxygen atoms in total. The highest BCUT2D eigenvalue weighted by atomic mass is 79.9. The van der Waals surface area contributed by atoms with Gasteiger partial charge in [0, 0.05) is 5.56 Å². The second kappa shape index (κ2) is 8.89. The number of halogens is 2. The van der Waals surface area contributed by atoms with Crippen LogP contribution in [0.1, 0.15) is 37.8 Å². The van der Waals surface area contributed by atoms with Crippen molar-refractivity contribution >= 4 is 39.5 Å². The highest BCUT2D eigenvalue weighted by Crippen LogP contribution is 2.47. The summed E-state index contributed by atoms with van der Waals surface area (Å²) in [6.45, 7) is 5.83. The summed E-state index contributed by atoms with van der Waals surface area (Å²) in [5, 5.41) is 9.93. The fourth-order valence-electron chi connectivity index (χ4n) is 2.46. The maximum atomic E-state index is 12.0. The largest absolute Gasteiger partial charge is 0.508 e. The molecule has 2 N–H and O–H groups in total. The van der Waals surface area contributed by atoms with Crippen molar-refractivity contribution in [2.75, 3.05) is 6.61 Å². The lowest BCUT2D eigenvalue weighted by Gasteiger charge is -2.15. The van der Waals surface area contributed by atoms with Crippen molar-refractivity contribution in [1.82, 2.24) is 0 Å². The molecule has 0 aliphatic heterocycles. The summed E-state index contributed by atoms with van der Waals surface area (Å²) in [6.07, 6.45) is -0.0883. The van der Waals surface area contributed by atoms with Gasteiger partial charge in [-0.2, -0.15) is 0 Å². The van der Waals surface area contributed by atoms with E-state index in [4.69, 9.17) is 9.26 Å². The predicted octanol–water partition coefficient (Wildman–Crippen LogP) is 6.55. The fourth-order valence-corrected chi connectivity index (χ4v) is 5.04. The van der Waals surface area contributed by atoms with Crippen molar-refractivity contribution < 1.29 is 23.8 Å². The minimum Gasteiger partial charge on any atom is -0.508 e. The number of ether oxygens (including phenoxy) is 1. The second-order valence-electron chi connectivity index (χ2n) is 6.08. The summed E-state index contributed by atoms with van der Waals surface area (Å²) >= 11 is 6.89. The molecular formula is C18H21Br2O5P. The molecule has 0 spiro atoms. The molecule has 0 heterocycles. The van der Waals surface area contributed by atoms with Crippen molar-refractivity contribution in [3.8, 4) is 17.2 Å². The third kappa shape index (κ3) is 5.57. The van der Waals surface area contributed by atoms with Crippen molar-refractivity contribution in [3.05, 3.63) is 50.4 Å². The van der Waals surface area contributed by atoms with E-state index in [2.05, 4.69) is 31.9 Å². The Labute approximate surface area is 170 Å². The minimum atomic E-state index is -3.67. The summed E-state index contributed by atoms with van der Waals surface area (Å²) < 4.78 is 24.1. The van der Waals surface area contributed by atoms with Crippen molar-refractivity contribution in [2.45, 2.75) is 32.9 Å². The van der Waals surface area contributed by atoms with Crippen LogP contribution in [0.5, 0.6) is 17.2 Å². The summed E-state index contributed by atoms with van der Waals surface area (Å²) in [6, 6.07) is 8.54. The van der Waals surface area contributed by atoms with Crippen LogP contribution in [0, 0.1) is 0 Å². The van der Waals surface area contributed by atoms with Crippen molar-refractivity contribution in [2.24, 2.45) is 0 Å². The highest BCUT2D eigenvalue weighted by molar-refractivity contribution is 9.11. The summed E-state index contributed by atoms with van der Waals surface area (Å²) in [7, 11) is -3.67. The van der Waals surface area contributed by atoms with E-state index < -0.39 is 7.60 Å². The SMILES string of the molecule is CCOP(=O)(O)Cc1cc(Br)c(Oc2ccc(O)c(C(C)C)c2)c(Br)c1.